The van der Waals surface area contributed by atoms with E-state index in [0.29, 0.717) is 6.42 Å². The molecule has 29 heavy (non-hydrogen) atoms. The third kappa shape index (κ3) is 5.41. The Morgan fingerprint density at radius 1 is 0.862 bits per heavy atom. The molecule has 0 aromatic carbocycles. The summed E-state index contributed by atoms with van der Waals surface area (Å²) in [5, 5.41) is 68.8. The molecule has 12 heteroatoms. The number of hydrogen-bond donors (Lipinski definition) is 7. The number of hydrogen-bond acceptors (Lipinski definition) is 12. The summed E-state index contributed by atoms with van der Waals surface area (Å²) in [4.78, 5) is 12.0. The monoisotopic (exact) mass is 426 g/mol. The van der Waals surface area contributed by atoms with E-state index in [1.165, 1.54) is 0 Å². The molecular weight excluding hydrogens is 396 g/mol. The fourth-order valence-corrected chi connectivity index (χ4v) is 2.94. The number of rotatable bonds is 7. The third-order valence-electron chi connectivity index (χ3n) is 5.19. The highest BCUT2D eigenvalue weighted by Gasteiger charge is 2.48. The van der Waals surface area contributed by atoms with Crippen LogP contribution in [0.25, 0.3) is 0 Å². The Morgan fingerprint density at radius 2 is 1.38 bits per heavy atom. The van der Waals surface area contributed by atoms with Crippen LogP contribution in [-0.2, 0) is 23.7 Å². The number of aliphatic hydroxyl groups is 7. The summed E-state index contributed by atoms with van der Waals surface area (Å²) >= 11 is 0. The predicted molar refractivity (Wildman–Crippen MR) is 91.9 cm³/mol. The van der Waals surface area contributed by atoms with Crippen molar-refractivity contribution >= 4 is 5.97 Å². The van der Waals surface area contributed by atoms with E-state index in [1.807, 2.05) is 0 Å². The number of esters is 1. The van der Waals surface area contributed by atoms with Gasteiger partial charge in [0.1, 0.15) is 48.8 Å². The number of carbonyl (C=O) groups is 1. The van der Waals surface area contributed by atoms with Crippen molar-refractivity contribution < 1.29 is 59.5 Å². The first-order valence-corrected chi connectivity index (χ1v) is 9.44. The number of ether oxygens (including phenoxy) is 4. The van der Waals surface area contributed by atoms with Crippen molar-refractivity contribution in [2.45, 2.75) is 81.7 Å². The predicted octanol–water partition coefficient (Wildman–Crippen LogP) is -3.80. The molecule has 0 aromatic rings. The van der Waals surface area contributed by atoms with Gasteiger partial charge >= 0.3 is 5.97 Å². The minimum absolute atomic E-state index is 0.474. The van der Waals surface area contributed by atoms with E-state index >= 15 is 0 Å². The highest BCUT2D eigenvalue weighted by molar-refractivity contribution is 5.72. The zero-order valence-corrected chi connectivity index (χ0v) is 16.1. The highest BCUT2D eigenvalue weighted by atomic mass is 16.7. The van der Waals surface area contributed by atoms with Crippen LogP contribution in [0, 0.1) is 5.92 Å². The van der Waals surface area contributed by atoms with Gasteiger partial charge in [0.2, 0.25) is 6.29 Å². The highest BCUT2D eigenvalue weighted by Crippen LogP contribution is 2.26. The van der Waals surface area contributed by atoms with Crippen LogP contribution in [-0.4, -0.2) is 116 Å². The summed E-state index contributed by atoms with van der Waals surface area (Å²) in [6.07, 6.45) is -14.9. The van der Waals surface area contributed by atoms with Crippen LogP contribution in [0.1, 0.15) is 20.3 Å². The smallest absolute Gasteiger partial charge is 0.311 e. The molecule has 2 aliphatic rings. The lowest BCUT2D eigenvalue weighted by molar-refractivity contribution is -0.327. The Hall–Kier alpha value is -0.930. The Balaban J connectivity index is 2.00. The van der Waals surface area contributed by atoms with E-state index in [1.54, 1.807) is 13.8 Å². The van der Waals surface area contributed by atoms with E-state index in [0.717, 1.165) is 0 Å². The van der Waals surface area contributed by atoms with Gasteiger partial charge in [-0.1, -0.05) is 13.8 Å². The summed E-state index contributed by atoms with van der Waals surface area (Å²) in [6.45, 7) is 2.24. The molecule has 0 aromatic heterocycles. The molecule has 0 saturated carbocycles. The molecular formula is C17H30O12. The summed E-state index contributed by atoms with van der Waals surface area (Å²) in [6, 6.07) is 0. The van der Waals surface area contributed by atoms with Crippen LogP contribution in [0.15, 0.2) is 0 Å². The molecule has 2 fully saturated rings. The van der Waals surface area contributed by atoms with Crippen LogP contribution >= 0.6 is 0 Å². The lowest BCUT2D eigenvalue weighted by Crippen LogP contribution is -2.62. The van der Waals surface area contributed by atoms with E-state index in [9.17, 15) is 40.5 Å². The number of aliphatic hydroxyl groups excluding tert-OH is 7. The average Bonchev–Trinajstić information content (AvgIpc) is 2.71. The fraction of sp³-hybridized carbons (Fsp3) is 0.941. The third-order valence-corrected chi connectivity index (χ3v) is 5.19. The minimum Gasteiger partial charge on any atom is -0.433 e. The summed E-state index contributed by atoms with van der Waals surface area (Å²) in [5.41, 5.74) is 0. The van der Waals surface area contributed by atoms with Gasteiger partial charge in [-0.15, -0.1) is 0 Å². The molecule has 2 saturated heterocycles. The van der Waals surface area contributed by atoms with Gasteiger partial charge in [-0.05, 0) is 6.42 Å². The van der Waals surface area contributed by atoms with Crippen molar-refractivity contribution in [3.8, 4) is 0 Å². The van der Waals surface area contributed by atoms with E-state index < -0.39 is 86.5 Å². The lowest BCUT2D eigenvalue weighted by atomic mass is 9.98. The largest absolute Gasteiger partial charge is 0.433 e. The van der Waals surface area contributed by atoms with Crippen LogP contribution in [0.3, 0.4) is 0 Å². The fourth-order valence-electron chi connectivity index (χ4n) is 2.94. The normalized spacial score (nSPS) is 44.3. The van der Waals surface area contributed by atoms with Crippen molar-refractivity contribution in [3.05, 3.63) is 0 Å². The second kappa shape index (κ2) is 10.4. The van der Waals surface area contributed by atoms with E-state index in [-0.39, 0.29) is 0 Å². The van der Waals surface area contributed by atoms with Crippen LogP contribution < -0.4 is 0 Å². The molecule has 7 N–H and O–H groups in total. The molecule has 0 amide bonds. The van der Waals surface area contributed by atoms with Gasteiger partial charge in [0.05, 0.1) is 19.1 Å². The lowest BCUT2D eigenvalue weighted by Gasteiger charge is -2.42. The molecule has 2 heterocycles. The number of carbonyl (C=O) groups excluding carboxylic acids is 1. The minimum atomic E-state index is -1.71. The first kappa shape index (κ1) is 24.3. The molecule has 0 aliphatic carbocycles. The maximum Gasteiger partial charge on any atom is 0.311 e. The second-order valence-corrected chi connectivity index (χ2v) is 7.29. The zero-order chi connectivity index (χ0) is 21.9. The Kier molecular flexibility index (Phi) is 8.72. The van der Waals surface area contributed by atoms with Gasteiger partial charge in [0, 0.05) is 0 Å². The van der Waals surface area contributed by atoms with Crippen molar-refractivity contribution in [1.82, 2.24) is 0 Å². The first-order chi connectivity index (χ1) is 13.6. The summed E-state index contributed by atoms with van der Waals surface area (Å²) < 4.78 is 20.9. The molecule has 2 rings (SSSR count). The van der Waals surface area contributed by atoms with Gasteiger partial charge in [-0.2, -0.15) is 0 Å². The topological polar surface area (TPSA) is 196 Å². The van der Waals surface area contributed by atoms with Gasteiger partial charge in [0.25, 0.3) is 0 Å². The molecule has 0 radical (unpaired) electrons. The van der Waals surface area contributed by atoms with E-state index in [4.69, 9.17) is 18.9 Å². The van der Waals surface area contributed by atoms with Crippen molar-refractivity contribution in [2.75, 3.05) is 13.2 Å². The van der Waals surface area contributed by atoms with Crippen molar-refractivity contribution in [2.24, 2.45) is 5.92 Å². The van der Waals surface area contributed by atoms with Crippen LogP contribution in [0.2, 0.25) is 0 Å². The van der Waals surface area contributed by atoms with Crippen molar-refractivity contribution in [1.29, 1.82) is 0 Å². The molecule has 170 valence electrons. The second-order valence-electron chi connectivity index (χ2n) is 7.29. The maximum atomic E-state index is 12.0. The Morgan fingerprint density at radius 3 is 1.93 bits per heavy atom. The van der Waals surface area contributed by atoms with Crippen LogP contribution in [0.4, 0.5) is 0 Å². The van der Waals surface area contributed by atoms with Gasteiger partial charge < -0.3 is 54.7 Å². The molecule has 11 atom stereocenters. The first-order valence-electron chi connectivity index (χ1n) is 9.44. The van der Waals surface area contributed by atoms with Crippen molar-refractivity contribution in [3.63, 3.8) is 0 Å². The van der Waals surface area contributed by atoms with Gasteiger partial charge in [-0.3, -0.25) is 4.79 Å². The maximum absolute atomic E-state index is 12.0. The molecule has 0 spiro atoms. The average molecular weight is 426 g/mol. The van der Waals surface area contributed by atoms with Gasteiger partial charge in [-0.25, -0.2) is 0 Å². The van der Waals surface area contributed by atoms with Gasteiger partial charge in [0.15, 0.2) is 6.29 Å². The SMILES string of the molecule is CCC(C)C(=O)O[C@@H]1O[C@H](CO[C@@H]2O[C@H](CO)[C@@H](O)[C@H](O)[C@H]2O)[C@@H](O)[C@H](O)[C@H]1O. The molecule has 2 aliphatic heterocycles. The van der Waals surface area contributed by atoms with E-state index in [2.05, 4.69) is 0 Å². The summed E-state index contributed by atoms with van der Waals surface area (Å²) in [7, 11) is 0. The molecule has 1 unspecified atom stereocenters. The summed E-state index contributed by atoms with van der Waals surface area (Å²) in [5.74, 6) is -1.13. The quantitative estimate of drug-likeness (QED) is 0.196. The zero-order valence-electron chi connectivity index (χ0n) is 16.1. The molecule has 12 nitrogen and oxygen atoms in total. The Labute approximate surface area is 167 Å². The standard InChI is InChI=1S/C17H30O12/c1-3-6(2)15(25)29-17-14(24)12(22)10(20)8(28-17)5-26-16-13(23)11(21)9(19)7(4-18)27-16/h6-14,16-24H,3-5H2,1-2H3/t6?,7-,8-,9-,10-,11+,12+,13-,14-,16-,17+/m1/s1. The van der Waals surface area contributed by atoms with Crippen LogP contribution in [0.5, 0.6) is 0 Å². The molecule has 0 bridgehead atoms. The Bertz CT molecular complexity index is 531.